The summed E-state index contributed by atoms with van der Waals surface area (Å²) < 4.78 is 25.0. The molecular weight excluding hydrogens is 376 g/mol. The molecular formula is C20H24N4O3S. The minimum Gasteiger partial charge on any atom is -0.345 e. The summed E-state index contributed by atoms with van der Waals surface area (Å²) in [5.74, 6) is -0.224. The Bertz CT molecular complexity index is 1130. The van der Waals surface area contributed by atoms with E-state index in [1.807, 2.05) is 27.7 Å². The first-order chi connectivity index (χ1) is 13.1. The molecule has 0 saturated heterocycles. The summed E-state index contributed by atoms with van der Waals surface area (Å²) in [6, 6.07) is 8.13. The normalized spacial score (nSPS) is 13.1. The van der Waals surface area contributed by atoms with Gasteiger partial charge in [0.25, 0.3) is 5.91 Å². The molecule has 0 radical (unpaired) electrons. The van der Waals surface area contributed by atoms with Crippen LogP contribution < -0.4 is 5.32 Å². The number of nitrogens with one attached hydrogen (secondary N) is 1. The second-order valence-electron chi connectivity index (χ2n) is 7.27. The van der Waals surface area contributed by atoms with Crippen LogP contribution >= 0.6 is 0 Å². The molecule has 0 bridgehead atoms. The third-order valence-corrected chi connectivity index (χ3v) is 5.71. The van der Waals surface area contributed by atoms with E-state index in [2.05, 4.69) is 15.4 Å². The van der Waals surface area contributed by atoms with E-state index in [9.17, 15) is 13.2 Å². The highest BCUT2D eigenvalue weighted by atomic mass is 32.2. The van der Waals surface area contributed by atoms with Gasteiger partial charge in [-0.2, -0.15) is 5.10 Å². The molecule has 0 saturated carbocycles. The van der Waals surface area contributed by atoms with Gasteiger partial charge in [0.1, 0.15) is 0 Å². The number of hydrogen-bond acceptors (Lipinski definition) is 5. The topological polar surface area (TPSA) is 94.0 Å². The van der Waals surface area contributed by atoms with E-state index < -0.39 is 9.84 Å². The molecule has 3 rings (SSSR count). The standard InChI is InChI=1S/C20H24N4O3S/c1-12(2)24-19-18(11-21-24)17(10-13(3)22-19)20(25)23-14(4)15-6-8-16(9-7-15)28(5,26)27/h6-12,14H,1-5H3,(H,23,25)/t14-/m1/s1. The minimum atomic E-state index is -3.25. The van der Waals surface area contributed by atoms with Crippen LogP contribution in [0.2, 0.25) is 0 Å². The largest absolute Gasteiger partial charge is 0.345 e. The molecule has 1 N–H and O–H groups in total. The van der Waals surface area contributed by atoms with Crippen LogP contribution in [0.25, 0.3) is 11.0 Å². The fourth-order valence-electron chi connectivity index (χ4n) is 3.07. The number of hydrogen-bond donors (Lipinski definition) is 1. The number of benzene rings is 1. The highest BCUT2D eigenvalue weighted by Crippen LogP contribution is 2.22. The van der Waals surface area contributed by atoms with Crippen LogP contribution in [0.4, 0.5) is 0 Å². The molecule has 3 aromatic rings. The molecule has 148 valence electrons. The Morgan fingerprint density at radius 3 is 2.36 bits per heavy atom. The van der Waals surface area contributed by atoms with Crippen molar-refractivity contribution in [2.24, 2.45) is 0 Å². The summed E-state index contributed by atoms with van der Waals surface area (Å²) in [5, 5.41) is 8.05. The zero-order valence-corrected chi connectivity index (χ0v) is 17.4. The molecule has 1 aromatic carbocycles. The van der Waals surface area contributed by atoms with Crippen molar-refractivity contribution in [1.82, 2.24) is 20.1 Å². The van der Waals surface area contributed by atoms with Crippen LogP contribution in [0.1, 0.15) is 54.5 Å². The van der Waals surface area contributed by atoms with Crippen LogP contribution in [0.5, 0.6) is 0 Å². The second-order valence-corrected chi connectivity index (χ2v) is 9.28. The second kappa shape index (κ2) is 7.35. The molecule has 1 amide bonds. The molecule has 2 aromatic heterocycles. The first-order valence-corrected chi connectivity index (χ1v) is 10.9. The van der Waals surface area contributed by atoms with Gasteiger partial charge in [0.15, 0.2) is 15.5 Å². The summed E-state index contributed by atoms with van der Waals surface area (Å²) in [6.07, 6.45) is 2.84. The lowest BCUT2D eigenvalue weighted by Crippen LogP contribution is -2.27. The molecule has 8 heteroatoms. The molecule has 2 heterocycles. The van der Waals surface area contributed by atoms with Crippen LogP contribution in [0, 0.1) is 6.92 Å². The maximum atomic E-state index is 12.9. The number of fused-ring (bicyclic) bond motifs is 1. The Hall–Kier alpha value is -2.74. The summed E-state index contributed by atoms with van der Waals surface area (Å²) in [4.78, 5) is 17.7. The molecule has 0 fully saturated rings. The van der Waals surface area contributed by atoms with E-state index in [-0.39, 0.29) is 22.9 Å². The summed E-state index contributed by atoms with van der Waals surface area (Å²) in [7, 11) is -3.25. The van der Waals surface area contributed by atoms with Crippen LogP contribution in [-0.4, -0.2) is 35.3 Å². The summed E-state index contributed by atoms with van der Waals surface area (Å²) in [6.45, 7) is 7.73. The fourth-order valence-corrected chi connectivity index (χ4v) is 3.70. The van der Waals surface area contributed by atoms with Crippen LogP contribution in [0.3, 0.4) is 0 Å². The number of carbonyl (C=O) groups is 1. The van der Waals surface area contributed by atoms with Gasteiger partial charge < -0.3 is 5.32 Å². The Labute approximate surface area is 164 Å². The number of aromatic nitrogens is 3. The molecule has 0 aliphatic heterocycles. The first-order valence-electron chi connectivity index (χ1n) is 9.03. The van der Waals surface area contributed by atoms with E-state index in [1.54, 1.807) is 41.2 Å². The fraction of sp³-hybridized carbons (Fsp3) is 0.350. The van der Waals surface area contributed by atoms with Gasteiger partial charge in [-0.3, -0.25) is 4.79 Å². The van der Waals surface area contributed by atoms with Gasteiger partial charge in [0.2, 0.25) is 0 Å². The van der Waals surface area contributed by atoms with E-state index in [1.165, 1.54) is 6.26 Å². The summed E-state index contributed by atoms with van der Waals surface area (Å²) in [5.41, 5.74) is 2.77. The average molecular weight is 401 g/mol. The van der Waals surface area contributed by atoms with Gasteiger partial charge in [-0.25, -0.2) is 18.1 Å². The predicted molar refractivity (Wildman–Crippen MR) is 108 cm³/mol. The number of sulfone groups is 1. The third-order valence-electron chi connectivity index (χ3n) is 4.58. The molecule has 0 spiro atoms. The van der Waals surface area contributed by atoms with Gasteiger partial charge in [-0.1, -0.05) is 12.1 Å². The van der Waals surface area contributed by atoms with Crippen molar-refractivity contribution < 1.29 is 13.2 Å². The number of amides is 1. The Morgan fingerprint density at radius 1 is 1.14 bits per heavy atom. The monoisotopic (exact) mass is 400 g/mol. The first kappa shape index (κ1) is 20.0. The van der Waals surface area contributed by atoms with Crippen molar-refractivity contribution >= 4 is 26.8 Å². The number of carbonyl (C=O) groups excluding carboxylic acids is 1. The average Bonchev–Trinajstić information content (AvgIpc) is 3.04. The molecule has 1 atom stereocenters. The van der Waals surface area contributed by atoms with E-state index in [0.29, 0.717) is 16.6 Å². The molecule has 0 unspecified atom stereocenters. The van der Waals surface area contributed by atoms with Crippen molar-refractivity contribution in [3.8, 4) is 0 Å². The third kappa shape index (κ3) is 3.91. The van der Waals surface area contributed by atoms with Gasteiger partial charge in [-0.05, 0) is 51.5 Å². The van der Waals surface area contributed by atoms with Crippen molar-refractivity contribution in [2.45, 2.75) is 44.7 Å². The zero-order valence-electron chi connectivity index (χ0n) is 16.6. The predicted octanol–water partition coefficient (Wildman–Crippen LogP) is 3.22. The van der Waals surface area contributed by atoms with E-state index in [4.69, 9.17) is 0 Å². The van der Waals surface area contributed by atoms with Gasteiger partial charge in [0.05, 0.1) is 28.1 Å². The molecule has 0 aliphatic carbocycles. The van der Waals surface area contributed by atoms with Crippen molar-refractivity contribution in [1.29, 1.82) is 0 Å². The Balaban J connectivity index is 1.89. The zero-order chi connectivity index (χ0) is 20.6. The molecule has 28 heavy (non-hydrogen) atoms. The quantitative estimate of drug-likeness (QED) is 0.710. The van der Waals surface area contributed by atoms with Crippen molar-refractivity contribution in [2.75, 3.05) is 6.26 Å². The lowest BCUT2D eigenvalue weighted by atomic mass is 10.1. The highest BCUT2D eigenvalue weighted by molar-refractivity contribution is 7.90. The number of pyridine rings is 1. The summed E-state index contributed by atoms with van der Waals surface area (Å²) >= 11 is 0. The lowest BCUT2D eigenvalue weighted by Gasteiger charge is -2.15. The van der Waals surface area contributed by atoms with E-state index in [0.717, 1.165) is 11.3 Å². The SMILES string of the molecule is Cc1cc(C(=O)N[C@H](C)c2ccc(S(C)(=O)=O)cc2)c2cnn(C(C)C)c2n1. The lowest BCUT2D eigenvalue weighted by molar-refractivity contribution is 0.0941. The molecule has 0 aliphatic rings. The number of nitrogens with zero attached hydrogens (tertiary/aromatic N) is 3. The molecule has 7 nitrogen and oxygen atoms in total. The number of aryl methyl sites for hydroxylation is 1. The number of rotatable bonds is 5. The maximum absolute atomic E-state index is 12.9. The van der Waals surface area contributed by atoms with Gasteiger partial charge in [0, 0.05) is 18.0 Å². The Morgan fingerprint density at radius 2 is 1.79 bits per heavy atom. The van der Waals surface area contributed by atoms with E-state index >= 15 is 0 Å². The van der Waals surface area contributed by atoms with Crippen molar-refractivity contribution in [3.05, 3.63) is 53.3 Å². The Kier molecular flexibility index (Phi) is 5.25. The highest BCUT2D eigenvalue weighted by Gasteiger charge is 2.19. The minimum absolute atomic E-state index is 0.134. The van der Waals surface area contributed by atoms with Gasteiger partial charge in [-0.15, -0.1) is 0 Å². The van der Waals surface area contributed by atoms with Crippen LogP contribution in [0.15, 0.2) is 41.4 Å². The maximum Gasteiger partial charge on any atom is 0.252 e. The van der Waals surface area contributed by atoms with Crippen molar-refractivity contribution in [3.63, 3.8) is 0 Å². The smallest absolute Gasteiger partial charge is 0.252 e. The van der Waals surface area contributed by atoms with Crippen LogP contribution in [-0.2, 0) is 9.84 Å². The van der Waals surface area contributed by atoms with Gasteiger partial charge >= 0.3 is 0 Å².